The number of aryl methyl sites for hydroxylation is 1. The minimum Gasteiger partial charge on any atom is -0.494 e. The van der Waals surface area contributed by atoms with E-state index >= 15 is 0 Å². The predicted molar refractivity (Wildman–Crippen MR) is 52.1 cm³/mol. The molecule has 13 heavy (non-hydrogen) atoms. The average molecular weight is 182 g/mol. The van der Waals surface area contributed by atoms with Crippen molar-refractivity contribution in [3.05, 3.63) is 17.7 Å². The molecule has 0 amide bonds. The molecule has 0 heterocycles. The fraction of sp³-hybridized carbons (Fsp3) is 0.333. The Labute approximate surface area is 77.6 Å². The lowest BCUT2D eigenvalue weighted by Gasteiger charge is -2.12. The molecule has 0 fully saturated rings. The molecule has 0 saturated carbocycles. The Bertz CT molecular complexity index is 275. The number of benzene rings is 1. The lowest BCUT2D eigenvalue weighted by atomic mass is 10.2. The molecule has 3 N–H and O–H groups in total. The summed E-state index contributed by atoms with van der Waals surface area (Å²) < 4.78 is 10.3. The Hall–Kier alpha value is -1.42. The molecule has 0 aromatic heterocycles. The number of hydrazine groups is 1. The first-order valence-electron chi connectivity index (χ1n) is 3.92. The standard InChI is InChI=1S/C9H14N2O2/c1-6-4-7(12-2)9(11-10)8(5-6)13-3/h4-5,11H,10H2,1-3H3. The third kappa shape index (κ3) is 1.84. The third-order valence-corrected chi connectivity index (χ3v) is 1.79. The van der Waals surface area contributed by atoms with Crippen molar-refractivity contribution >= 4 is 5.69 Å². The van der Waals surface area contributed by atoms with Gasteiger partial charge >= 0.3 is 0 Å². The summed E-state index contributed by atoms with van der Waals surface area (Å²) in [5, 5.41) is 0. The van der Waals surface area contributed by atoms with Crippen LogP contribution < -0.4 is 20.7 Å². The van der Waals surface area contributed by atoms with E-state index in [0.29, 0.717) is 17.2 Å². The molecule has 0 aliphatic heterocycles. The molecule has 0 aliphatic carbocycles. The quantitative estimate of drug-likeness (QED) is 0.546. The Kier molecular flexibility index (Phi) is 2.97. The highest BCUT2D eigenvalue weighted by Gasteiger charge is 2.08. The van der Waals surface area contributed by atoms with E-state index in [1.807, 2.05) is 19.1 Å². The monoisotopic (exact) mass is 182 g/mol. The van der Waals surface area contributed by atoms with Crippen molar-refractivity contribution in [2.45, 2.75) is 6.92 Å². The Morgan fingerprint density at radius 3 is 1.92 bits per heavy atom. The lowest BCUT2D eigenvalue weighted by molar-refractivity contribution is 0.397. The van der Waals surface area contributed by atoms with Gasteiger partial charge in [-0.1, -0.05) is 0 Å². The maximum atomic E-state index is 5.34. The zero-order valence-electron chi connectivity index (χ0n) is 8.05. The van der Waals surface area contributed by atoms with Crippen LogP contribution in [-0.2, 0) is 0 Å². The molecule has 0 radical (unpaired) electrons. The third-order valence-electron chi connectivity index (χ3n) is 1.79. The maximum absolute atomic E-state index is 5.34. The number of nitrogen functional groups attached to an aromatic ring is 1. The Morgan fingerprint density at radius 1 is 1.15 bits per heavy atom. The van der Waals surface area contributed by atoms with Crippen LogP contribution in [0.1, 0.15) is 5.56 Å². The highest BCUT2D eigenvalue weighted by Crippen LogP contribution is 2.34. The Balaban J connectivity index is 3.25. The van der Waals surface area contributed by atoms with E-state index in [1.165, 1.54) is 0 Å². The summed E-state index contributed by atoms with van der Waals surface area (Å²) in [4.78, 5) is 0. The molecule has 0 unspecified atom stereocenters. The summed E-state index contributed by atoms with van der Waals surface area (Å²) in [6, 6.07) is 3.77. The first-order chi connectivity index (χ1) is 6.22. The van der Waals surface area contributed by atoms with Crippen LogP contribution in [0, 0.1) is 6.92 Å². The van der Waals surface area contributed by atoms with Gasteiger partial charge in [-0.15, -0.1) is 0 Å². The van der Waals surface area contributed by atoms with Crippen molar-refractivity contribution in [3.8, 4) is 11.5 Å². The van der Waals surface area contributed by atoms with Crippen LogP contribution in [0.5, 0.6) is 11.5 Å². The van der Waals surface area contributed by atoms with E-state index in [-0.39, 0.29) is 0 Å². The SMILES string of the molecule is COc1cc(C)cc(OC)c1NN. The van der Waals surface area contributed by atoms with Crippen molar-refractivity contribution in [2.24, 2.45) is 5.84 Å². The predicted octanol–water partition coefficient (Wildman–Crippen LogP) is 1.30. The molecule has 1 aromatic rings. The molecule has 0 bridgehead atoms. The van der Waals surface area contributed by atoms with E-state index < -0.39 is 0 Å². The smallest absolute Gasteiger partial charge is 0.147 e. The topological polar surface area (TPSA) is 56.5 Å². The van der Waals surface area contributed by atoms with Gasteiger partial charge in [0.1, 0.15) is 17.2 Å². The molecule has 72 valence electrons. The maximum Gasteiger partial charge on any atom is 0.147 e. The Morgan fingerprint density at radius 2 is 1.62 bits per heavy atom. The number of anilines is 1. The van der Waals surface area contributed by atoms with Crippen LogP contribution in [0.15, 0.2) is 12.1 Å². The summed E-state index contributed by atoms with van der Waals surface area (Å²) in [6.07, 6.45) is 0. The number of methoxy groups -OCH3 is 2. The van der Waals surface area contributed by atoms with Crippen LogP contribution >= 0.6 is 0 Å². The highest BCUT2D eigenvalue weighted by atomic mass is 16.5. The highest BCUT2D eigenvalue weighted by molar-refractivity contribution is 5.66. The molecule has 1 rings (SSSR count). The van der Waals surface area contributed by atoms with Gasteiger partial charge in [0.05, 0.1) is 14.2 Å². The molecular weight excluding hydrogens is 168 g/mol. The van der Waals surface area contributed by atoms with Gasteiger partial charge in [0.15, 0.2) is 0 Å². The molecule has 0 atom stereocenters. The summed E-state index contributed by atoms with van der Waals surface area (Å²) in [6.45, 7) is 1.96. The van der Waals surface area contributed by atoms with Gasteiger partial charge in [-0.25, -0.2) is 0 Å². The van der Waals surface area contributed by atoms with Gasteiger partial charge in [0.2, 0.25) is 0 Å². The van der Waals surface area contributed by atoms with Crippen LogP contribution in [0.3, 0.4) is 0 Å². The molecule has 4 nitrogen and oxygen atoms in total. The summed E-state index contributed by atoms with van der Waals surface area (Å²) in [5.41, 5.74) is 4.27. The van der Waals surface area contributed by atoms with Crippen LogP contribution in [0.25, 0.3) is 0 Å². The zero-order valence-corrected chi connectivity index (χ0v) is 8.05. The van der Waals surface area contributed by atoms with Crippen molar-refractivity contribution in [1.82, 2.24) is 0 Å². The molecule has 0 spiro atoms. The largest absolute Gasteiger partial charge is 0.494 e. The van der Waals surface area contributed by atoms with Crippen molar-refractivity contribution < 1.29 is 9.47 Å². The second-order valence-electron chi connectivity index (χ2n) is 2.69. The summed E-state index contributed by atoms with van der Waals surface area (Å²) in [5.74, 6) is 6.70. The number of hydrogen-bond acceptors (Lipinski definition) is 4. The van der Waals surface area contributed by atoms with E-state index in [2.05, 4.69) is 5.43 Å². The minimum absolute atomic E-state index is 0.663. The van der Waals surface area contributed by atoms with E-state index in [0.717, 1.165) is 5.56 Å². The van der Waals surface area contributed by atoms with Gasteiger partial charge in [0.25, 0.3) is 0 Å². The molecule has 0 aliphatic rings. The zero-order chi connectivity index (χ0) is 9.84. The normalized spacial score (nSPS) is 9.54. The molecule has 1 aromatic carbocycles. The number of ether oxygens (including phenoxy) is 2. The molecule has 0 saturated heterocycles. The summed E-state index contributed by atoms with van der Waals surface area (Å²) >= 11 is 0. The lowest BCUT2D eigenvalue weighted by Crippen LogP contribution is -2.09. The average Bonchev–Trinajstić information content (AvgIpc) is 2.16. The fourth-order valence-corrected chi connectivity index (χ4v) is 1.19. The van der Waals surface area contributed by atoms with Gasteiger partial charge in [-0.3, -0.25) is 5.84 Å². The summed E-state index contributed by atoms with van der Waals surface area (Å²) in [7, 11) is 3.18. The van der Waals surface area contributed by atoms with Crippen LogP contribution in [0.2, 0.25) is 0 Å². The first kappa shape index (κ1) is 9.67. The number of rotatable bonds is 3. The van der Waals surface area contributed by atoms with Crippen LogP contribution in [0.4, 0.5) is 5.69 Å². The fourth-order valence-electron chi connectivity index (χ4n) is 1.19. The van der Waals surface area contributed by atoms with E-state index in [4.69, 9.17) is 15.3 Å². The van der Waals surface area contributed by atoms with Crippen molar-refractivity contribution in [2.75, 3.05) is 19.6 Å². The van der Waals surface area contributed by atoms with Gasteiger partial charge in [0, 0.05) is 0 Å². The van der Waals surface area contributed by atoms with E-state index in [1.54, 1.807) is 14.2 Å². The van der Waals surface area contributed by atoms with Gasteiger partial charge in [-0.05, 0) is 24.6 Å². The van der Waals surface area contributed by atoms with Crippen molar-refractivity contribution in [3.63, 3.8) is 0 Å². The second-order valence-corrected chi connectivity index (χ2v) is 2.69. The first-order valence-corrected chi connectivity index (χ1v) is 3.92. The van der Waals surface area contributed by atoms with Gasteiger partial charge in [-0.2, -0.15) is 0 Å². The molecular formula is C9H14N2O2. The number of nitrogens with two attached hydrogens (primary N) is 1. The second kappa shape index (κ2) is 4.00. The minimum atomic E-state index is 0.663. The van der Waals surface area contributed by atoms with Gasteiger partial charge < -0.3 is 14.9 Å². The number of hydrogen-bond donors (Lipinski definition) is 2. The number of nitrogens with one attached hydrogen (secondary N) is 1. The van der Waals surface area contributed by atoms with E-state index in [9.17, 15) is 0 Å². The molecule has 4 heteroatoms. The van der Waals surface area contributed by atoms with Crippen molar-refractivity contribution in [1.29, 1.82) is 0 Å². The van der Waals surface area contributed by atoms with Crippen LogP contribution in [-0.4, -0.2) is 14.2 Å².